The average Bonchev–Trinajstić information content (AvgIpc) is 3.27. The van der Waals surface area contributed by atoms with Gasteiger partial charge in [-0.15, -0.1) is 0 Å². The van der Waals surface area contributed by atoms with Crippen molar-refractivity contribution in [2.45, 2.75) is 45.4 Å². The zero-order chi connectivity index (χ0) is 17.6. The van der Waals surface area contributed by atoms with E-state index in [4.69, 9.17) is 0 Å². The Balaban J connectivity index is 1.42. The van der Waals surface area contributed by atoms with Gasteiger partial charge in [0.05, 0.1) is 17.8 Å². The Morgan fingerprint density at radius 3 is 2.68 bits per heavy atom. The zero-order valence-corrected chi connectivity index (χ0v) is 14.6. The van der Waals surface area contributed by atoms with Crippen molar-refractivity contribution < 1.29 is 9.90 Å². The van der Waals surface area contributed by atoms with Crippen LogP contribution in [-0.4, -0.2) is 59.7 Å². The number of hydrogen-bond acceptors (Lipinski definition) is 5. The van der Waals surface area contributed by atoms with E-state index in [2.05, 4.69) is 15.2 Å². The van der Waals surface area contributed by atoms with Crippen LogP contribution >= 0.6 is 0 Å². The summed E-state index contributed by atoms with van der Waals surface area (Å²) in [6.45, 7) is 5.67. The lowest BCUT2D eigenvalue weighted by Crippen LogP contribution is -2.36. The summed E-state index contributed by atoms with van der Waals surface area (Å²) in [6.07, 6.45) is 4.26. The Hall–Kier alpha value is -2.22. The quantitative estimate of drug-likeness (QED) is 0.879. The van der Waals surface area contributed by atoms with Crippen molar-refractivity contribution in [1.29, 1.82) is 0 Å². The van der Waals surface area contributed by atoms with E-state index in [9.17, 15) is 9.90 Å². The van der Waals surface area contributed by atoms with E-state index in [1.807, 2.05) is 24.8 Å². The molecule has 0 spiro atoms. The summed E-state index contributed by atoms with van der Waals surface area (Å²) < 4.78 is 3.52. The predicted octanol–water partition coefficient (Wildman–Crippen LogP) is 0.562. The lowest BCUT2D eigenvalue weighted by molar-refractivity contribution is -0.131. The largest absolute Gasteiger partial charge is 0.391 e. The molecule has 1 N–H and O–H groups in total. The fraction of sp³-hybridized carbons (Fsp3) is 0.647. The molecule has 1 saturated heterocycles. The third kappa shape index (κ3) is 3.06. The van der Waals surface area contributed by atoms with Gasteiger partial charge in [-0.05, 0) is 44.6 Å². The lowest BCUT2D eigenvalue weighted by Gasteiger charge is -2.34. The van der Waals surface area contributed by atoms with E-state index < -0.39 is 6.10 Å². The van der Waals surface area contributed by atoms with E-state index >= 15 is 0 Å². The minimum absolute atomic E-state index is 0.0465. The molecular formula is C17H24N6O2. The normalized spacial score (nSPS) is 29.0. The molecule has 1 aliphatic carbocycles. The minimum Gasteiger partial charge on any atom is -0.391 e. The highest BCUT2D eigenvalue weighted by atomic mass is 16.3. The van der Waals surface area contributed by atoms with Crippen LogP contribution in [0.5, 0.6) is 0 Å². The molecule has 25 heavy (non-hydrogen) atoms. The predicted molar refractivity (Wildman–Crippen MR) is 89.6 cm³/mol. The Bertz CT molecular complexity index is 755. The van der Waals surface area contributed by atoms with Crippen molar-refractivity contribution in [3.63, 3.8) is 0 Å². The molecular weight excluding hydrogens is 320 g/mol. The second-order valence-corrected chi connectivity index (χ2v) is 7.39. The molecule has 0 aromatic carbocycles. The average molecular weight is 344 g/mol. The number of amides is 1. The van der Waals surface area contributed by atoms with Crippen LogP contribution in [0.1, 0.15) is 30.3 Å². The van der Waals surface area contributed by atoms with Gasteiger partial charge in [0.2, 0.25) is 5.91 Å². The number of nitrogens with zero attached hydrogens (tertiary/aromatic N) is 6. The molecule has 4 rings (SSSR count). The Morgan fingerprint density at radius 1 is 1.28 bits per heavy atom. The number of hydrogen-bond donors (Lipinski definition) is 1. The Morgan fingerprint density at radius 2 is 2.04 bits per heavy atom. The van der Waals surface area contributed by atoms with Gasteiger partial charge in [-0.25, -0.2) is 9.67 Å². The third-order valence-electron chi connectivity index (χ3n) is 5.63. The van der Waals surface area contributed by atoms with E-state index in [1.165, 1.54) is 6.33 Å². The number of fused-ring (bicyclic) bond motifs is 1. The number of carbonyl (C=O) groups is 1. The Labute approximate surface area is 146 Å². The smallest absolute Gasteiger partial charge is 0.244 e. The fourth-order valence-corrected chi connectivity index (χ4v) is 4.35. The van der Waals surface area contributed by atoms with E-state index in [0.717, 1.165) is 30.9 Å². The maximum Gasteiger partial charge on any atom is 0.244 e. The summed E-state index contributed by atoms with van der Waals surface area (Å²) in [5, 5.41) is 19.0. The molecule has 2 fully saturated rings. The van der Waals surface area contributed by atoms with Gasteiger partial charge in [-0.3, -0.25) is 9.48 Å². The summed E-state index contributed by atoms with van der Waals surface area (Å²) >= 11 is 0. The number of aliphatic hydroxyl groups is 1. The first-order valence-electron chi connectivity index (χ1n) is 8.82. The van der Waals surface area contributed by atoms with Gasteiger partial charge in [-0.2, -0.15) is 10.2 Å². The van der Waals surface area contributed by atoms with Crippen LogP contribution in [-0.2, 0) is 11.3 Å². The molecule has 4 atom stereocenters. The van der Waals surface area contributed by atoms with E-state index in [0.29, 0.717) is 18.3 Å². The van der Waals surface area contributed by atoms with Crippen molar-refractivity contribution in [3.8, 4) is 0 Å². The van der Waals surface area contributed by atoms with Gasteiger partial charge >= 0.3 is 0 Å². The lowest BCUT2D eigenvalue weighted by atomic mass is 9.77. The zero-order valence-electron chi connectivity index (χ0n) is 14.6. The molecule has 8 heteroatoms. The summed E-state index contributed by atoms with van der Waals surface area (Å²) in [6, 6.07) is 1.94. The topological polar surface area (TPSA) is 89.1 Å². The summed E-state index contributed by atoms with van der Waals surface area (Å²) in [5.41, 5.74) is 1.93. The molecule has 2 aliphatic rings. The maximum atomic E-state index is 12.7. The number of likely N-dealkylation sites (tertiary alicyclic amines) is 1. The molecule has 0 bridgehead atoms. The van der Waals surface area contributed by atoms with Gasteiger partial charge < -0.3 is 10.0 Å². The van der Waals surface area contributed by atoms with Crippen LogP contribution in [0.25, 0.3) is 0 Å². The maximum absolute atomic E-state index is 12.7. The summed E-state index contributed by atoms with van der Waals surface area (Å²) in [5.74, 6) is 0.869. The molecule has 2 aromatic rings. The van der Waals surface area contributed by atoms with Crippen LogP contribution in [0.15, 0.2) is 18.7 Å². The standard InChI is InChI=1S/C17H24N6O2/c1-11-3-12(2)22(20-11)8-17(25)21-6-13-4-15(23-10-18-9-19-23)16(24)5-14(13)7-21/h3,9-10,13-16,24H,4-8H2,1-2H3/t13-,14+,15-,16-/m1/s1. The molecule has 8 nitrogen and oxygen atoms in total. The highest BCUT2D eigenvalue weighted by Gasteiger charge is 2.43. The SMILES string of the molecule is Cc1cc(C)n(CC(=O)N2C[C@H]3C[C@@H](n4cncn4)[C@H](O)C[C@H]3C2)n1. The summed E-state index contributed by atoms with van der Waals surface area (Å²) in [4.78, 5) is 18.6. The van der Waals surface area contributed by atoms with Gasteiger partial charge in [0, 0.05) is 18.8 Å². The van der Waals surface area contributed by atoms with Crippen LogP contribution in [0.2, 0.25) is 0 Å². The molecule has 1 aliphatic heterocycles. The first-order chi connectivity index (χ1) is 12.0. The van der Waals surface area contributed by atoms with Crippen molar-refractivity contribution in [3.05, 3.63) is 30.1 Å². The summed E-state index contributed by atoms with van der Waals surface area (Å²) in [7, 11) is 0. The van der Waals surface area contributed by atoms with E-state index in [1.54, 1.807) is 15.7 Å². The number of rotatable bonds is 3. The number of aryl methyl sites for hydroxylation is 2. The first-order valence-corrected chi connectivity index (χ1v) is 8.82. The molecule has 134 valence electrons. The molecule has 1 saturated carbocycles. The van der Waals surface area contributed by atoms with Gasteiger partial charge in [-0.1, -0.05) is 0 Å². The fourth-order valence-electron chi connectivity index (χ4n) is 4.35. The van der Waals surface area contributed by atoms with Crippen molar-refractivity contribution in [1.82, 2.24) is 29.4 Å². The van der Waals surface area contributed by atoms with E-state index in [-0.39, 0.29) is 18.5 Å². The third-order valence-corrected chi connectivity index (χ3v) is 5.63. The van der Waals surface area contributed by atoms with Gasteiger partial charge in [0.25, 0.3) is 0 Å². The highest BCUT2D eigenvalue weighted by Crippen LogP contribution is 2.41. The molecule has 1 amide bonds. The Kier molecular flexibility index (Phi) is 4.07. The number of carbonyl (C=O) groups excluding carboxylic acids is 1. The molecule has 0 radical (unpaired) electrons. The number of aliphatic hydroxyl groups excluding tert-OH is 1. The molecule has 0 unspecified atom stereocenters. The van der Waals surface area contributed by atoms with Gasteiger partial charge in [0.1, 0.15) is 19.2 Å². The second-order valence-electron chi connectivity index (χ2n) is 7.39. The number of aromatic nitrogens is 5. The first kappa shape index (κ1) is 16.3. The molecule has 2 aromatic heterocycles. The molecule has 3 heterocycles. The van der Waals surface area contributed by atoms with Crippen molar-refractivity contribution >= 4 is 5.91 Å². The van der Waals surface area contributed by atoms with Gasteiger partial charge in [0.15, 0.2) is 0 Å². The van der Waals surface area contributed by atoms with Crippen molar-refractivity contribution in [2.24, 2.45) is 11.8 Å². The minimum atomic E-state index is -0.436. The van der Waals surface area contributed by atoms with Crippen LogP contribution in [0.3, 0.4) is 0 Å². The monoisotopic (exact) mass is 344 g/mol. The van der Waals surface area contributed by atoms with Crippen LogP contribution < -0.4 is 0 Å². The highest BCUT2D eigenvalue weighted by molar-refractivity contribution is 5.76. The second kappa shape index (κ2) is 6.25. The van der Waals surface area contributed by atoms with Crippen LogP contribution in [0, 0.1) is 25.7 Å². The van der Waals surface area contributed by atoms with Crippen molar-refractivity contribution in [2.75, 3.05) is 13.1 Å². The van der Waals surface area contributed by atoms with Crippen LogP contribution in [0.4, 0.5) is 0 Å².